The van der Waals surface area contributed by atoms with E-state index in [0.717, 1.165) is 11.3 Å². The molecule has 2 aromatic rings. The molecule has 0 unspecified atom stereocenters. The van der Waals surface area contributed by atoms with E-state index < -0.39 is 0 Å². The second kappa shape index (κ2) is 6.17. The van der Waals surface area contributed by atoms with E-state index in [0.29, 0.717) is 9.39 Å². The van der Waals surface area contributed by atoms with Crippen LogP contribution < -0.4 is 10.9 Å². The Morgan fingerprint density at radius 3 is 2.75 bits per heavy atom. The molecular formula is C14H14IN3O2. The molecule has 1 amide bonds. The molecule has 0 aliphatic rings. The first-order valence-corrected chi connectivity index (χ1v) is 7.14. The van der Waals surface area contributed by atoms with Crippen molar-refractivity contribution < 1.29 is 4.79 Å². The summed E-state index contributed by atoms with van der Waals surface area (Å²) in [7, 11) is 0. The van der Waals surface area contributed by atoms with Crippen molar-refractivity contribution in [3.63, 3.8) is 0 Å². The number of nitrogens with one attached hydrogen (secondary N) is 1. The summed E-state index contributed by atoms with van der Waals surface area (Å²) in [5, 5.41) is 2.80. The Kier molecular flexibility index (Phi) is 4.53. The normalized spacial score (nSPS) is 10.3. The third kappa shape index (κ3) is 3.24. The number of rotatable bonds is 3. The topological polar surface area (TPSA) is 64.0 Å². The highest BCUT2D eigenvalue weighted by Crippen LogP contribution is 2.13. The van der Waals surface area contributed by atoms with Crippen molar-refractivity contribution >= 4 is 34.2 Å². The van der Waals surface area contributed by atoms with Crippen LogP contribution in [-0.2, 0) is 11.3 Å². The maximum absolute atomic E-state index is 12.0. The summed E-state index contributed by atoms with van der Waals surface area (Å²) in [6.07, 6.45) is 1.51. The molecule has 0 spiro atoms. The number of amides is 1. The average molecular weight is 383 g/mol. The first-order chi connectivity index (χ1) is 9.49. The number of hydrogen-bond acceptors (Lipinski definition) is 3. The summed E-state index contributed by atoms with van der Waals surface area (Å²) in [6, 6.07) is 7.51. The predicted octanol–water partition coefficient (Wildman–Crippen LogP) is 2.10. The maximum Gasteiger partial charge on any atom is 0.267 e. The highest BCUT2D eigenvalue weighted by atomic mass is 127. The molecule has 0 radical (unpaired) electrons. The Morgan fingerprint density at radius 1 is 1.35 bits per heavy atom. The average Bonchev–Trinajstić information content (AvgIpc) is 2.42. The summed E-state index contributed by atoms with van der Waals surface area (Å²) in [5.74, 6) is 0.281. The Labute approximate surface area is 130 Å². The van der Waals surface area contributed by atoms with E-state index in [2.05, 4.69) is 10.3 Å². The largest absolute Gasteiger partial charge is 0.324 e. The minimum atomic E-state index is -0.242. The second-order valence-corrected chi connectivity index (χ2v) is 5.57. The third-order valence-corrected chi connectivity index (χ3v) is 3.67. The van der Waals surface area contributed by atoms with Crippen LogP contribution in [-0.4, -0.2) is 15.5 Å². The summed E-state index contributed by atoms with van der Waals surface area (Å²) >= 11 is 1.91. The lowest BCUT2D eigenvalue weighted by Gasteiger charge is -2.11. The van der Waals surface area contributed by atoms with Crippen LogP contribution in [0.15, 0.2) is 35.3 Å². The van der Waals surface area contributed by atoms with Crippen LogP contribution in [0.4, 0.5) is 5.69 Å². The van der Waals surface area contributed by atoms with Gasteiger partial charge in [0, 0.05) is 11.9 Å². The van der Waals surface area contributed by atoms with Crippen LogP contribution in [0.1, 0.15) is 11.4 Å². The van der Waals surface area contributed by atoms with Gasteiger partial charge in [0.05, 0.1) is 3.57 Å². The van der Waals surface area contributed by atoms with E-state index >= 15 is 0 Å². The fraction of sp³-hybridized carbons (Fsp3) is 0.214. The number of aryl methyl sites for hydroxylation is 2. The van der Waals surface area contributed by atoms with E-state index in [4.69, 9.17) is 0 Å². The molecule has 0 atom stereocenters. The van der Waals surface area contributed by atoms with Gasteiger partial charge in [0.15, 0.2) is 0 Å². The van der Waals surface area contributed by atoms with Gasteiger partial charge in [-0.3, -0.25) is 14.2 Å². The zero-order valence-electron chi connectivity index (χ0n) is 11.2. The molecule has 1 heterocycles. The molecule has 0 saturated carbocycles. The van der Waals surface area contributed by atoms with Crippen LogP contribution >= 0.6 is 22.6 Å². The van der Waals surface area contributed by atoms with Crippen molar-refractivity contribution in [3.05, 3.63) is 55.8 Å². The molecule has 2 rings (SSSR count). The SMILES string of the molecule is Cc1ccccc1NC(=O)Cn1c(C)ncc(I)c1=O. The van der Waals surface area contributed by atoms with Gasteiger partial charge in [0.25, 0.3) is 5.56 Å². The van der Waals surface area contributed by atoms with E-state index in [1.165, 1.54) is 10.8 Å². The van der Waals surface area contributed by atoms with E-state index in [9.17, 15) is 9.59 Å². The quantitative estimate of drug-likeness (QED) is 0.826. The molecular weight excluding hydrogens is 369 g/mol. The molecule has 0 saturated heterocycles. The molecule has 6 heteroatoms. The van der Waals surface area contributed by atoms with Crippen molar-refractivity contribution in [2.75, 3.05) is 5.32 Å². The fourth-order valence-electron chi connectivity index (χ4n) is 1.78. The molecule has 0 aliphatic carbocycles. The van der Waals surface area contributed by atoms with Gasteiger partial charge in [-0.05, 0) is 48.1 Å². The highest BCUT2D eigenvalue weighted by molar-refractivity contribution is 14.1. The van der Waals surface area contributed by atoms with Gasteiger partial charge < -0.3 is 5.32 Å². The fourth-order valence-corrected chi connectivity index (χ4v) is 2.21. The molecule has 1 aromatic carbocycles. The number of aromatic nitrogens is 2. The number of nitrogens with zero attached hydrogens (tertiary/aromatic N) is 2. The Morgan fingerprint density at radius 2 is 2.05 bits per heavy atom. The molecule has 0 fully saturated rings. The lowest BCUT2D eigenvalue weighted by molar-refractivity contribution is -0.116. The number of anilines is 1. The van der Waals surface area contributed by atoms with Gasteiger partial charge in [0.1, 0.15) is 12.4 Å². The summed E-state index contributed by atoms with van der Waals surface area (Å²) in [5.41, 5.74) is 1.53. The lowest BCUT2D eigenvalue weighted by Crippen LogP contribution is -2.31. The summed E-state index contributed by atoms with van der Waals surface area (Å²) < 4.78 is 1.87. The third-order valence-electron chi connectivity index (χ3n) is 2.93. The van der Waals surface area contributed by atoms with Gasteiger partial charge in [-0.25, -0.2) is 4.98 Å². The predicted molar refractivity (Wildman–Crippen MR) is 85.8 cm³/mol. The second-order valence-electron chi connectivity index (χ2n) is 4.41. The number of halogens is 1. The Bertz CT molecular complexity index is 710. The first-order valence-electron chi connectivity index (χ1n) is 6.06. The van der Waals surface area contributed by atoms with E-state index in [-0.39, 0.29) is 18.0 Å². The van der Waals surface area contributed by atoms with Crippen LogP contribution in [0.5, 0.6) is 0 Å². The lowest BCUT2D eigenvalue weighted by atomic mass is 10.2. The van der Waals surface area contributed by atoms with Crippen molar-refractivity contribution in [1.29, 1.82) is 0 Å². The summed E-state index contributed by atoms with van der Waals surface area (Å²) in [4.78, 5) is 28.1. The van der Waals surface area contributed by atoms with Crippen LogP contribution in [0.25, 0.3) is 0 Å². The van der Waals surface area contributed by atoms with Crippen molar-refractivity contribution in [3.8, 4) is 0 Å². The molecule has 104 valence electrons. The van der Waals surface area contributed by atoms with Gasteiger partial charge >= 0.3 is 0 Å². The maximum atomic E-state index is 12.0. The molecule has 5 nitrogen and oxygen atoms in total. The van der Waals surface area contributed by atoms with Crippen molar-refractivity contribution in [1.82, 2.24) is 9.55 Å². The molecule has 0 bridgehead atoms. The van der Waals surface area contributed by atoms with Crippen LogP contribution in [0.3, 0.4) is 0 Å². The number of carbonyl (C=O) groups excluding carboxylic acids is 1. The summed E-state index contributed by atoms with van der Waals surface area (Å²) in [6.45, 7) is 3.58. The molecule has 1 N–H and O–H groups in total. The minimum Gasteiger partial charge on any atom is -0.324 e. The smallest absolute Gasteiger partial charge is 0.267 e. The Balaban J connectivity index is 2.19. The standard InChI is InChI=1S/C14H14IN3O2/c1-9-5-3-4-6-12(9)17-13(19)8-18-10(2)16-7-11(15)14(18)20/h3-7H,8H2,1-2H3,(H,17,19). The number of benzene rings is 1. The van der Waals surface area contributed by atoms with Crippen LogP contribution in [0, 0.1) is 17.4 Å². The van der Waals surface area contributed by atoms with Gasteiger partial charge in [-0.1, -0.05) is 18.2 Å². The zero-order chi connectivity index (χ0) is 14.7. The van der Waals surface area contributed by atoms with E-state index in [1.54, 1.807) is 6.92 Å². The van der Waals surface area contributed by atoms with Gasteiger partial charge in [-0.15, -0.1) is 0 Å². The minimum absolute atomic E-state index is 0.0388. The molecule has 20 heavy (non-hydrogen) atoms. The highest BCUT2D eigenvalue weighted by Gasteiger charge is 2.10. The Hall–Kier alpha value is -1.70. The first kappa shape index (κ1) is 14.7. The number of hydrogen-bond donors (Lipinski definition) is 1. The monoisotopic (exact) mass is 383 g/mol. The van der Waals surface area contributed by atoms with Gasteiger partial charge in [0.2, 0.25) is 5.91 Å². The van der Waals surface area contributed by atoms with Crippen molar-refractivity contribution in [2.24, 2.45) is 0 Å². The van der Waals surface area contributed by atoms with Crippen molar-refractivity contribution in [2.45, 2.75) is 20.4 Å². The number of para-hydroxylation sites is 1. The van der Waals surface area contributed by atoms with Gasteiger partial charge in [-0.2, -0.15) is 0 Å². The zero-order valence-corrected chi connectivity index (χ0v) is 13.3. The molecule has 1 aromatic heterocycles. The molecule has 0 aliphatic heterocycles. The number of carbonyl (C=O) groups is 1. The van der Waals surface area contributed by atoms with E-state index in [1.807, 2.05) is 53.8 Å². The van der Waals surface area contributed by atoms with Crippen LogP contribution in [0.2, 0.25) is 0 Å².